The fraction of sp³-hybridized carbons (Fsp3) is 0.409. The first-order valence-electron chi connectivity index (χ1n) is 9.54. The lowest BCUT2D eigenvalue weighted by molar-refractivity contribution is -0.879. The molecule has 1 atom stereocenters. The summed E-state index contributed by atoms with van der Waals surface area (Å²) < 4.78 is 6.40. The quantitative estimate of drug-likeness (QED) is 0.314. The first-order valence-corrected chi connectivity index (χ1v) is 9.54. The van der Waals surface area contributed by atoms with Crippen LogP contribution in [0.1, 0.15) is 37.0 Å². The van der Waals surface area contributed by atoms with E-state index >= 15 is 0 Å². The number of hydrogen-bond donors (Lipinski definition) is 1. The highest BCUT2D eigenvalue weighted by Crippen LogP contribution is 2.27. The summed E-state index contributed by atoms with van der Waals surface area (Å²) >= 11 is 0. The van der Waals surface area contributed by atoms with E-state index in [0.717, 1.165) is 36.0 Å². The van der Waals surface area contributed by atoms with E-state index in [0.29, 0.717) is 11.4 Å². The molecule has 0 spiro atoms. The van der Waals surface area contributed by atoms with Crippen molar-refractivity contribution in [2.45, 2.75) is 32.8 Å². The average Bonchev–Trinajstić information content (AvgIpc) is 3.00. The van der Waals surface area contributed by atoms with Crippen LogP contribution in [0.15, 0.2) is 64.5 Å². The molecule has 0 amide bonds. The Morgan fingerprint density at radius 1 is 1.39 bits per heavy atom. The highest BCUT2D eigenvalue weighted by atomic mass is 16.5. The van der Waals surface area contributed by atoms with E-state index in [2.05, 4.69) is 30.9 Å². The monoisotopic (exact) mass is 384 g/mol. The number of carbonyl (C=O) groups excluding carboxylic acids is 1. The van der Waals surface area contributed by atoms with E-state index in [-0.39, 0.29) is 17.4 Å². The van der Waals surface area contributed by atoms with E-state index in [9.17, 15) is 9.90 Å². The molecule has 1 aromatic carbocycles. The fourth-order valence-electron chi connectivity index (χ4n) is 2.91. The van der Waals surface area contributed by atoms with Crippen molar-refractivity contribution in [2.24, 2.45) is 10.2 Å². The van der Waals surface area contributed by atoms with Gasteiger partial charge in [0.25, 0.3) is 0 Å². The van der Waals surface area contributed by atoms with Crippen LogP contribution in [-0.4, -0.2) is 48.8 Å². The van der Waals surface area contributed by atoms with Gasteiger partial charge >= 0.3 is 5.97 Å². The lowest BCUT2D eigenvalue weighted by Gasteiger charge is -2.22. The number of likely N-dealkylation sites (N-methyl/N-ethyl adjacent to an activating group) is 1. The smallest absolute Gasteiger partial charge is 0.342 e. The van der Waals surface area contributed by atoms with Crippen molar-refractivity contribution < 1.29 is 19.1 Å². The standard InChI is InChI=1S/C22H29N3O3/c1-6-16(3)8-9-17(7-2)23-24-18-10-11-21(26)20(14-18)22(27)28-19-12-13-25(4,5)15-19/h7-11,14,19H,3,6,12-13,15H2,1-2,4-5H3/p+1/b9-8-,17-7+. The van der Waals surface area contributed by atoms with Crippen LogP contribution in [0.2, 0.25) is 0 Å². The number of aromatic hydroxyl groups is 1. The second-order valence-electron chi connectivity index (χ2n) is 7.62. The number of benzene rings is 1. The van der Waals surface area contributed by atoms with E-state index in [4.69, 9.17) is 4.74 Å². The molecule has 6 heteroatoms. The maximum absolute atomic E-state index is 12.5. The Kier molecular flexibility index (Phi) is 7.29. The Bertz CT molecular complexity index is 822. The minimum atomic E-state index is -0.535. The zero-order valence-corrected chi connectivity index (χ0v) is 17.2. The van der Waals surface area contributed by atoms with Gasteiger partial charge in [-0.15, -0.1) is 0 Å². The third kappa shape index (κ3) is 6.16. The number of ether oxygens (including phenoxy) is 1. The molecule has 1 unspecified atom stereocenters. The van der Waals surface area contributed by atoms with Crippen LogP contribution in [0.5, 0.6) is 5.75 Å². The second kappa shape index (κ2) is 9.46. The third-order valence-electron chi connectivity index (χ3n) is 4.75. The molecule has 2 rings (SSSR count). The summed E-state index contributed by atoms with van der Waals surface area (Å²) in [4.78, 5) is 12.5. The Balaban J connectivity index is 2.10. The van der Waals surface area contributed by atoms with Crippen LogP contribution < -0.4 is 0 Å². The van der Waals surface area contributed by atoms with Gasteiger partial charge < -0.3 is 14.3 Å². The molecular formula is C22H30N3O3+. The number of allylic oxidation sites excluding steroid dienone is 4. The molecular weight excluding hydrogens is 354 g/mol. The van der Waals surface area contributed by atoms with Crippen LogP contribution in [0.3, 0.4) is 0 Å². The van der Waals surface area contributed by atoms with E-state index in [1.54, 1.807) is 6.07 Å². The molecule has 1 saturated heterocycles. The summed E-state index contributed by atoms with van der Waals surface area (Å²) in [5, 5.41) is 18.4. The number of carbonyl (C=O) groups is 1. The van der Waals surface area contributed by atoms with Gasteiger partial charge in [-0.1, -0.05) is 31.2 Å². The maximum Gasteiger partial charge on any atom is 0.342 e. The van der Waals surface area contributed by atoms with E-state index in [1.165, 1.54) is 12.1 Å². The number of rotatable bonds is 7. The van der Waals surface area contributed by atoms with Crippen molar-refractivity contribution in [3.8, 4) is 5.75 Å². The topological polar surface area (TPSA) is 71.2 Å². The molecule has 1 aliphatic rings. The van der Waals surface area contributed by atoms with Crippen LogP contribution in [0.4, 0.5) is 5.69 Å². The SMILES string of the molecule is C=C(/C=C\C(=C/C)N=Nc1ccc(O)c(C(=O)OC2CC[N+](C)(C)C2)c1)CC. The molecule has 28 heavy (non-hydrogen) atoms. The Hall–Kier alpha value is -2.73. The van der Waals surface area contributed by atoms with Crippen LogP contribution >= 0.6 is 0 Å². The van der Waals surface area contributed by atoms with Gasteiger partial charge in [0.15, 0.2) is 6.10 Å². The van der Waals surface area contributed by atoms with Crippen LogP contribution in [-0.2, 0) is 4.74 Å². The molecule has 0 radical (unpaired) electrons. The fourth-order valence-corrected chi connectivity index (χ4v) is 2.91. The average molecular weight is 385 g/mol. The van der Waals surface area contributed by atoms with Gasteiger partial charge in [-0.2, -0.15) is 10.2 Å². The third-order valence-corrected chi connectivity index (χ3v) is 4.75. The van der Waals surface area contributed by atoms with Crippen molar-refractivity contribution in [3.63, 3.8) is 0 Å². The zero-order valence-electron chi connectivity index (χ0n) is 17.2. The Morgan fingerprint density at radius 3 is 2.75 bits per heavy atom. The van der Waals surface area contributed by atoms with Gasteiger partial charge in [-0.25, -0.2) is 4.79 Å². The Labute approximate surface area is 167 Å². The minimum Gasteiger partial charge on any atom is -0.507 e. The summed E-state index contributed by atoms with van der Waals surface area (Å²) in [6.45, 7) is 9.56. The largest absolute Gasteiger partial charge is 0.507 e. The van der Waals surface area contributed by atoms with Crippen molar-refractivity contribution >= 4 is 11.7 Å². The molecule has 150 valence electrons. The lowest BCUT2D eigenvalue weighted by Crippen LogP contribution is -2.38. The summed E-state index contributed by atoms with van der Waals surface area (Å²) in [5.74, 6) is -0.659. The van der Waals surface area contributed by atoms with E-state index < -0.39 is 5.97 Å². The van der Waals surface area contributed by atoms with Crippen LogP contribution in [0.25, 0.3) is 0 Å². The molecule has 0 bridgehead atoms. The molecule has 1 aromatic rings. The number of nitrogens with zero attached hydrogens (tertiary/aromatic N) is 3. The van der Waals surface area contributed by atoms with Crippen LogP contribution in [0, 0.1) is 0 Å². The molecule has 1 fully saturated rings. The number of quaternary nitrogens is 1. The zero-order chi connectivity index (χ0) is 20.7. The molecule has 1 aliphatic heterocycles. The molecule has 6 nitrogen and oxygen atoms in total. The van der Waals surface area contributed by atoms with Gasteiger partial charge in [0.05, 0.1) is 32.0 Å². The molecule has 1 N–H and O–H groups in total. The number of esters is 1. The van der Waals surface area contributed by atoms with Crippen molar-refractivity contribution in [3.05, 3.63) is 59.8 Å². The van der Waals surface area contributed by atoms with Crippen molar-refractivity contribution in [2.75, 3.05) is 27.2 Å². The van der Waals surface area contributed by atoms with Gasteiger partial charge in [0, 0.05) is 6.42 Å². The first kappa shape index (κ1) is 21.6. The van der Waals surface area contributed by atoms with E-state index in [1.807, 2.05) is 32.1 Å². The Morgan fingerprint density at radius 2 is 2.14 bits per heavy atom. The molecule has 0 aliphatic carbocycles. The van der Waals surface area contributed by atoms with Gasteiger partial charge in [-0.3, -0.25) is 0 Å². The normalized spacial score (nSPS) is 19.4. The highest BCUT2D eigenvalue weighted by Gasteiger charge is 2.34. The lowest BCUT2D eigenvalue weighted by atomic mass is 10.2. The number of hydrogen-bond acceptors (Lipinski definition) is 5. The minimum absolute atomic E-state index is 0.102. The number of phenolic OH excluding ortho intramolecular Hbond substituents is 1. The predicted molar refractivity (Wildman–Crippen MR) is 111 cm³/mol. The summed E-state index contributed by atoms with van der Waals surface area (Å²) in [6.07, 6.45) is 7.11. The van der Waals surface area contributed by atoms with Crippen molar-refractivity contribution in [1.82, 2.24) is 0 Å². The number of phenols is 1. The highest BCUT2D eigenvalue weighted by molar-refractivity contribution is 5.93. The van der Waals surface area contributed by atoms with Gasteiger partial charge in [0.2, 0.25) is 0 Å². The molecule has 1 heterocycles. The number of azo groups is 1. The predicted octanol–water partition coefficient (Wildman–Crippen LogP) is 4.91. The first-order chi connectivity index (χ1) is 13.2. The molecule has 0 saturated carbocycles. The summed E-state index contributed by atoms with van der Waals surface area (Å²) in [6, 6.07) is 4.54. The summed E-state index contributed by atoms with van der Waals surface area (Å²) in [7, 11) is 4.21. The van der Waals surface area contributed by atoms with Gasteiger partial charge in [0.1, 0.15) is 17.9 Å². The molecule has 0 aromatic heterocycles. The van der Waals surface area contributed by atoms with Crippen molar-refractivity contribution in [1.29, 1.82) is 0 Å². The van der Waals surface area contributed by atoms with Gasteiger partial charge in [-0.05, 0) is 37.6 Å². The summed E-state index contributed by atoms with van der Waals surface area (Å²) in [5.41, 5.74) is 2.25. The second-order valence-corrected chi connectivity index (χ2v) is 7.62. The number of likely N-dealkylation sites (tertiary alicyclic amines) is 1. The maximum atomic E-state index is 12.5.